The lowest BCUT2D eigenvalue weighted by atomic mass is 9.67. The van der Waals surface area contributed by atoms with Crippen LogP contribution in [0.15, 0.2) is 0 Å². The first-order valence-electron chi connectivity index (χ1n) is 6.88. The molecule has 0 heterocycles. The highest BCUT2D eigenvalue weighted by Crippen LogP contribution is 2.65. The van der Waals surface area contributed by atoms with E-state index in [1.165, 1.54) is 0 Å². The van der Waals surface area contributed by atoms with Crippen molar-refractivity contribution in [1.29, 1.82) is 0 Å². The van der Waals surface area contributed by atoms with Gasteiger partial charge in [0.25, 0.3) is 0 Å². The number of carbonyl (C=O) groups excluding carboxylic acids is 1. The molecule has 2 saturated carbocycles. The molecule has 0 spiro atoms. The zero-order chi connectivity index (χ0) is 13.8. The average Bonchev–Trinajstić information content (AvgIpc) is 2.60. The first-order valence-corrected chi connectivity index (χ1v) is 8.60. The van der Waals surface area contributed by atoms with Gasteiger partial charge < -0.3 is 0 Å². The fourth-order valence-electron chi connectivity index (χ4n) is 3.91. The summed E-state index contributed by atoms with van der Waals surface area (Å²) >= 11 is 0. The molecule has 0 N–H and O–H groups in total. The van der Waals surface area contributed by atoms with E-state index in [1.54, 1.807) is 13.8 Å². The van der Waals surface area contributed by atoms with E-state index in [0.717, 1.165) is 12.8 Å². The van der Waals surface area contributed by atoms with Gasteiger partial charge in [-0.15, -0.1) is 0 Å². The van der Waals surface area contributed by atoms with Gasteiger partial charge in [0.1, 0.15) is 5.78 Å². The van der Waals surface area contributed by atoms with Crippen LogP contribution in [0.4, 0.5) is 0 Å². The fraction of sp³-hybridized carbons (Fsp3) is 0.929. The van der Waals surface area contributed by atoms with E-state index in [9.17, 15) is 13.2 Å². The average molecular weight is 272 g/mol. The molecule has 0 saturated heterocycles. The number of carbonyl (C=O) groups is 1. The molecule has 3 nitrogen and oxygen atoms in total. The Morgan fingerprint density at radius 1 is 1.33 bits per heavy atom. The van der Waals surface area contributed by atoms with Gasteiger partial charge in [0, 0.05) is 11.8 Å². The molecule has 4 heteroatoms. The summed E-state index contributed by atoms with van der Waals surface area (Å²) in [6.07, 6.45) is 3.15. The fourth-order valence-corrected chi connectivity index (χ4v) is 5.01. The summed E-state index contributed by atoms with van der Waals surface area (Å²) in [4.78, 5) is 12.3. The summed E-state index contributed by atoms with van der Waals surface area (Å²) in [5.41, 5.74) is -0.379. The number of hydrogen-bond acceptors (Lipinski definition) is 3. The molecule has 2 aliphatic rings. The topological polar surface area (TPSA) is 51.2 Å². The smallest absolute Gasteiger partial charge is 0.152 e. The Hall–Kier alpha value is -0.380. The summed E-state index contributed by atoms with van der Waals surface area (Å²) in [7, 11) is -3.04. The molecule has 0 amide bonds. The molecule has 0 aromatic rings. The number of Topliss-reactive ketones (excluding diaryl/α,β-unsaturated/α-hetero) is 1. The maximum absolute atomic E-state index is 12.3. The molecule has 0 aromatic carbocycles. The van der Waals surface area contributed by atoms with Gasteiger partial charge >= 0.3 is 0 Å². The van der Waals surface area contributed by atoms with Crippen molar-refractivity contribution in [3.05, 3.63) is 0 Å². The highest BCUT2D eigenvalue weighted by atomic mass is 32.2. The lowest BCUT2D eigenvalue weighted by Crippen LogP contribution is -2.38. The number of rotatable bonds is 4. The van der Waals surface area contributed by atoms with Gasteiger partial charge in [-0.05, 0) is 44.4 Å². The van der Waals surface area contributed by atoms with E-state index in [0.29, 0.717) is 24.5 Å². The minimum absolute atomic E-state index is 0.0173. The van der Waals surface area contributed by atoms with Crippen LogP contribution in [-0.2, 0) is 14.6 Å². The second-order valence-corrected chi connectivity index (χ2v) is 9.51. The zero-order valence-corrected chi connectivity index (χ0v) is 12.6. The summed E-state index contributed by atoms with van der Waals surface area (Å²) < 4.78 is 23.9. The van der Waals surface area contributed by atoms with Crippen LogP contribution < -0.4 is 0 Å². The molecule has 2 bridgehead atoms. The van der Waals surface area contributed by atoms with Crippen molar-refractivity contribution in [3.63, 3.8) is 0 Å². The summed E-state index contributed by atoms with van der Waals surface area (Å²) in [6.45, 7) is 7.73. The molecule has 2 fully saturated rings. The number of ketones is 1. The van der Waals surface area contributed by atoms with Gasteiger partial charge in [0.05, 0.1) is 11.0 Å². The van der Waals surface area contributed by atoms with Crippen LogP contribution >= 0.6 is 0 Å². The summed E-state index contributed by atoms with van der Waals surface area (Å²) in [5, 5.41) is -0.342. The molecule has 0 radical (unpaired) electrons. The Kier molecular flexibility index (Phi) is 3.16. The predicted molar refractivity (Wildman–Crippen MR) is 72.1 cm³/mol. The van der Waals surface area contributed by atoms with Gasteiger partial charge in [-0.25, -0.2) is 8.42 Å². The van der Waals surface area contributed by atoms with Crippen LogP contribution in [0.2, 0.25) is 0 Å². The monoisotopic (exact) mass is 272 g/mol. The summed E-state index contributed by atoms with van der Waals surface area (Å²) in [5.74, 6) is 0.932. The third kappa shape index (κ3) is 1.75. The highest BCUT2D eigenvalue weighted by Gasteiger charge is 2.63. The van der Waals surface area contributed by atoms with E-state index in [-0.39, 0.29) is 21.8 Å². The largest absolute Gasteiger partial charge is 0.299 e. The van der Waals surface area contributed by atoms with Crippen LogP contribution in [0.1, 0.15) is 53.4 Å². The van der Waals surface area contributed by atoms with Gasteiger partial charge in [0.15, 0.2) is 9.84 Å². The first kappa shape index (κ1) is 14.0. The first-order chi connectivity index (χ1) is 8.13. The van der Waals surface area contributed by atoms with Crippen LogP contribution in [0.5, 0.6) is 0 Å². The molecular formula is C14H24O3S. The van der Waals surface area contributed by atoms with Crippen LogP contribution in [0, 0.1) is 16.7 Å². The Labute approximate surface area is 110 Å². The predicted octanol–water partition coefficient (Wildman–Crippen LogP) is 2.60. The van der Waals surface area contributed by atoms with Crippen LogP contribution in [-0.4, -0.2) is 25.2 Å². The van der Waals surface area contributed by atoms with Crippen molar-refractivity contribution in [2.75, 3.05) is 5.75 Å². The normalized spacial score (nSPS) is 34.5. The molecule has 2 atom stereocenters. The van der Waals surface area contributed by atoms with Crippen molar-refractivity contribution in [1.82, 2.24) is 0 Å². The van der Waals surface area contributed by atoms with Crippen molar-refractivity contribution < 1.29 is 13.2 Å². The maximum atomic E-state index is 12.3. The van der Waals surface area contributed by atoms with Gasteiger partial charge in [-0.2, -0.15) is 0 Å². The quantitative estimate of drug-likeness (QED) is 0.790. The van der Waals surface area contributed by atoms with Crippen molar-refractivity contribution in [2.45, 2.75) is 58.6 Å². The third-order valence-electron chi connectivity index (χ3n) is 5.67. The standard InChI is InChI=1S/C14H24O3S/c1-10(2)18(16,17)8-7-14-6-5-11(9-12(14)15)13(14,3)4/h10-11H,5-9H2,1-4H3/t11-,14?/m0/s1. The maximum Gasteiger partial charge on any atom is 0.152 e. The van der Waals surface area contributed by atoms with Crippen molar-refractivity contribution >= 4 is 15.6 Å². The Balaban J connectivity index is 2.20. The van der Waals surface area contributed by atoms with Crippen molar-refractivity contribution in [3.8, 4) is 0 Å². The van der Waals surface area contributed by atoms with Crippen LogP contribution in [0.25, 0.3) is 0 Å². The Bertz CT molecular complexity index is 461. The second-order valence-electron chi connectivity index (χ2n) is 6.83. The van der Waals surface area contributed by atoms with Gasteiger partial charge in [-0.3, -0.25) is 4.79 Å². The van der Waals surface area contributed by atoms with E-state index in [4.69, 9.17) is 0 Å². The van der Waals surface area contributed by atoms with Crippen LogP contribution in [0.3, 0.4) is 0 Å². The molecule has 1 unspecified atom stereocenters. The highest BCUT2D eigenvalue weighted by molar-refractivity contribution is 7.91. The molecule has 0 aliphatic heterocycles. The SMILES string of the molecule is CC(C)S(=O)(=O)CCC12CC[C@@H](CC1=O)C2(C)C. The Morgan fingerprint density at radius 2 is 1.94 bits per heavy atom. The van der Waals surface area contributed by atoms with Gasteiger partial charge in [-0.1, -0.05) is 13.8 Å². The second kappa shape index (κ2) is 4.06. The van der Waals surface area contributed by atoms with E-state index in [1.807, 2.05) is 0 Å². The van der Waals surface area contributed by atoms with Crippen molar-refractivity contribution in [2.24, 2.45) is 16.7 Å². The molecule has 0 aromatic heterocycles. The minimum atomic E-state index is -3.04. The number of fused-ring (bicyclic) bond motifs is 2. The number of hydrogen-bond donors (Lipinski definition) is 0. The third-order valence-corrected chi connectivity index (χ3v) is 7.88. The lowest BCUT2D eigenvalue weighted by molar-refractivity contribution is -0.129. The molecule has 2 aliphatic carbocycles. The molecule has 104 valence electrons. The van der Waals surface area contributed by atoms with E-state index < -0.39 is 9.84 Å². The molecule has 2 rings (SSSR count). The number of sulfone groups is 1. The van der Waals surface area contributed by atoms with E-state index >= 15 is 0 Å². The Morgan fingerprint density at radius 3 is 2.33 bits per heavy atom. The molecular weight excluding hydrogens is 248 g/mol. The lowest BCUT2D eigenvalue weighted by Gasteiger charge is -2.36. The van der Waals surface area contributed by atoms with Gasteiger partial charge in [0.2, 0.25) is 0 Å². The molecule has 18 heavy (non-hydrogen) atoms. The minimum Gasteiger partial charge on any atom is -0.299 e. The zero-order valence-electron chi connectivity index (χ0n) is 11.8. The van der Waals surface area contributed by atoms with E-state index in [2.05, 4.69) is 13.8 Å². The summed E-state index contributed by atoms with van der Waals surface area (Å²) in [6, 6.07) is 0.